The molecule has 0 spiro atoms. The van der Waals surface area contributed by atoms with Crippen molar-refractivity contribution in [1.82, 2.24) is 20.1 Å². The monoisotopic (exact) mass is 748 g/mol. The number of methoxy groups -OCH3 is 2. The molecule has 0 radical (unpaired) electrons. The van der Waals surface area contributed by atoms with E-state index >= 15 is 0 Å². The van der Waals surface area contributed by atoms with Crippen LogP contribution in [0.3, 0.4) is 0 Å². The predicted molar refractivity (Wildman–Crippen MR) is 189 cm³/mol. The van der Waals surface area contributed by atoms with Crippen molar-refractivity contribution < 1.29 is 45.5 Å². The van der Waals surface area contributed by atoms with Gasteiger partial charge in [0.1, 0.15) is 11.5 Å². The van der Waals surface area contributed by atoms with Gasteiger partial charge < -0.3 is 20.1 Å². The molecule has 2 aliphatic rings. The third-order valence-corrected chi connectivity index (χ3v) is 10.5. The fourth-order valence-electron chi connectivity index (χ4n) is 4.70. The minimum absolute atomic E-state index is 0.108. The molecule has 4 amide bonds. The van der Waals surface area contributed by atoms with Crippen LogP contribution in [0, 0.1) is 0 Å². The average Bonchev–Trinajstić information content (AvgIpc) is 4.09. The van der Waals surface area contributed by atoms with Crippen LogP contribution in [0.5, 0.6) is 11.5 Å². The number of hydrogen-bond acceptors (Lipinski definition) is 10. The van der Waals surface area contributed by atoms with Crippen LogP contribution < -0.4 is 29.6 Å². The highest BCUT2D eigenvalue weighted by Gasteiger charge is 2.26. The van der Waals surface area contributed by atoms with Gasteiger partial charge in [0.15, 0.2) is 0 Å². The van der Waals surface area contributed by atoms with Gasteiger partial charge in [0.25, 0.3) is 43.7 Å². The zero-order valence-electron chi connectivity index (χ0n) is 28.1. The van der Waals surface area contributed by atoms with E-state index in [1.54, 1.807) is 36.4 Å². The van der Waals surface area contributed by atoms with Gasteiger partial charge in [-0.2, -0.15) is 0 Å². The van der Waals surface area contributed by atoms with Crippen LogP contribution in [0.1, 0.15) is 67.1 Å². The van der Waals surface area contributed by atoms with Crippen LogP contribution in [0.2, 0.25) is 0 Å². The molecule has 14 nitrogen and oxygen atoms in total. The highest BCUT2D eigenvalue weighted by Crippen LogP contribution is 2.22. The van der Waals surface area contributed by atoms with E-state index in [4.69, 9.17) is 9.47 Å². The molecule has 4 aromatic rings. The van der Waals surface area contributed by atoms with Crippen molar-refractivity contribution in [2.75, 3.05) is 14.2 Å². The zero-order valence-corrected chi connectivity index (χ0v) is 29.8. The van der Waals surface area contributed by atoms with E-state index in [2.05, 4.69) is 10.6 Å². The van der Waals surface area contributed by atoms with E-state index in [1.165, 1.54) is 74.9 Å². The zero-order chi connectivity index (χ0) is 37.5. The molecule has 0 atom stereocenters. The molecule has 4 aromatic carbocycles. The maximum Gasteiger partial charge on any atom is 0.268 e. The Morgan fingerprint density at radius 1 is 0.500 bits per heavy atom. The van der Waals surface area contributed by atoms with Gasteiger partial charge in [-0.05, 0) is 98.5 Å². The van der Waals surface area contributed by atoms with Gasteiger partial charge >= 0.3 is 0 Å². The maximum atomic E-state index is 12.4. The van der Waals surface area contributed by atoms with E-state index in [9.17, 15) is 36.0 Å². The van der Waals surface area contributed by atoms with E-state index in [0.29, 0.717) is 11.1 Å². The lowest BCUT2D eigenvalue weighted by molar-refractivity contribution is 0.0942. The molecule has 52 heavy (non-hydrogen) atoms. The van der Waals surface area contributed by atoms with Crippen LogP contribution in [0.4, 0.5) is 0 Å². The Balaban J connectivity index is 0.000000201. The summed E-state index contributed by atoms with van der Waals surface area (Å²) in [5.74, 6) is -1.53. The summed E-state index contributed by atoms with van der Waals surface area (Å²) in [6.45, 7) is 0. The number of ether oxygens (including phenoxy) is 2. The van der Waals surface area contributed by atoms with Gasteiger partial charge in [-0.15, -0.1) is 0 Å². The third kappa shape index (κ3) is 9.73. The summed E-state index contributed by atoms with van der Waals surface area (Å²) in [6.07, 6.45) is 3.86. The number of benzene rings is 4. The van der Waals surface area contributed by atoms with Gasteiger partial charge in [0.05, 0.1) is 35.1 Å². The predicted octanol–water partition coefficient (Wildman–Crippen LogP) is 3.41. The second kappa shape index (κ2) is 16.1. The fraction of sp³-hybridized carbons (Fsp3) is 0.222. The Hall–Kier alpha value is -5.74. The highest BCUT2D eigenvalue weighted by atomic mass is 32.2. The average molecular weight is 749 g/mol. The lowest BCUT2D eigenvalue weighted by Gasteiger charge is -2.10. The van der Waals surface area contributed by atoms with Crippen LogP contribution in [-0.4, -0.2) is 66.8 Å². The normalized spacial score (nSPS) is 13.7. The van der Waals surface area contributed by atoms with Gasteiger partial charge in [-0.1, -0.05) is 24.3 Å². The summed E-state index contributed by atoms with van der Waals surface area (Å²) in [5.41, 5.74) is 0.955. The smallest absolute Gasteiger partial charge is 0.268 e. The molecule has 2 fully saturated rings. The topological polar surface area (TPSA) is 203 Å². The minimum Gasteiger partial charge on any atom is -0.496 e. The number of carbonyl (C=O) groups excluding carboxylic acids is 4. The van der Waals surface area contributed by atoms with Crippen molar-refractivity contribution >= 4 is 43.7 Å². The lowest BCUT2D eigenvalue weighted by atomic mass is 10.2. The molecule has 0 bridgehead atoms. The first-order valence-corrected chi connectivity index (χ1v) is 19.0. The molecule has 0 aliphatic heterocycles. The molecular formula is C36H36N4O10S2. The molecule has 6 rings (SSSR count). The summed E-state index contributed by atoms with van der Waals surface area (Å²) in [6, 6.07) is 23.9. The summed E-state index contributed by atoms with van der Waals surface area (Å²) in [4.78, 5) is 48.2. The summed E-state index contributed by atoms with van der Waals surface area (Å²) >= 11 is 0. The summed E-state index contributed by atoms with van der Waals surface area (Å²) in [7, 11) is -5.36. The number of sulfonamides is 2. The molecule has 16 heteroatoms. The van der Waals surface area contributed by atoms with Crippen molar-refractivity contribution in [3.05, 3.63) is 119 Å². The van der Waals surface area contributed by atoms with Crippen molar-refractivity contribution in [3.8, 4) is 11.5 Å². The molecule has 0 saturated heterocycles. The van der Waals surface area contributed by atoms with Gasteiger partial charge in [-0.25, -0.2) is 26.3 Å². The molecule has 4 N–H and O–H groups in total. The number of amides is 4. The summed E-state index contributed by atoms with van der Waals surface area (Å²) < 4.78 is 63.8. The van der Waals surface area contributed by atoms with Gasteiger partial charge in [-0.3, -0.25) is 19.2 Å². The second-order valence-electron chi connectivity index (χ2n) is 11.8. The second-order valence-corrected chi connectivity index (χ2v) is 15.2. The van der Waals surface area contributed by atoms with E-state index in [-0.39, 0.29) is 56.3 Å². The van der Waals surface area contributed by atoms with Crippen LogP contribution in [0.15, 0.2) is 107 Å². The first kappa shape index (κ1) is 37.5. The lowest BCUT2D eigenvalue weighted by Crippen LogP contribution is -2.31. The molecule has 0 aromatic heterocycles. The van der Waals surface area contributed by atoms with Crippen molar-refractivity contribution in [2.24, 2.45) is 0 Å². The number of nitrogens with one attached hydrogen (secondary N) is 4. The van der Waals surface area contributed by atoms with Crippen LogP contribution in [0.25, 0.3) is 0 Å². The first-order chi connectivity index (χ1) is 24.8. The number of para-hydroxylation sites is 2. The highest BCUT2D eigenvalue weighted by molar-refractivity contribution is 7.90. The largest absolute Gasteiger partial charge is 0.496 e. The fourth-order valence-corrected chi connectivity index (χ4v) is 6.63. The summed E-state index contributed by atoms with van der Waals surface area (Å²) in [5, 5.41) is 5.65. The minimum atomic E-state index is -4.07. The Bertz CT molecular complexity index is 2030. The maximum absolute atomic E-state index is 12.4. The molecule has 272 valence electrons. The Morgan fingerprint density at radius 3 is 1.13 bits per heavy atom. The molecule has 2 aliphatic carbocycles. The van der Waals surface area contributed by atoms with Gasteiger partial charge in [0.2, 0.25) is 0 Å². The Morgan fingerprint density at radius 2 is 0.827 bits per heavy atom. The van der Waals surface area contributed by atoms with E-state index in [1.807, 2.05) is 9.44 Å². The number of carbonyl (C=O) groups is 4. The van der Waals surface area contributed by atoms with Crippen molar-refractivity contribution in [2.45, 2.75) is 47.6 Å². The molecule has 2 saturated carbocycles. The van der Waals surface area contributed by atoms with Crippen molar-refractivity contribution in [1.29, 1.82) is 0 Å². The van der Waals surface area contributed by atoms with Crippen LogP contribution in [-0.2, 0) is 20.0 Å². The standard InChI is InChI=1S/2C18H18N2O5S/c2*1-25-16-5-3-2-4-15(16)18(22)20-26(23,24)14-10-6-12(7-11-14)17(21)19-13-8-9-13/h2*2-7,10-11,13H,8-9H2,1H3,(H,19,21)(H,20,22). The quantitative estimate of drug-likeness (QED) is 0.166. The van der Waals surface area contributed by atoms with Crippen molar-refractivity contribution in [3.63, 3.8) is 0 Å². The number of hydrogen-bond donors (Lipinski definition) is 4. The third-order valence-electron chi connectivity index (χ3n) is 7.84. The van der Waals surface area contributed by atoms with E-state index in [0.717, 1.165) is 25.7 Å². The first-order valence-electron chi connectivity index (χ1n) is 16.0. The SMILES string of the molecule is COc1ccccc1C(=O)NS(=O)(=O)c1ccc(C(=O)NC2CC2)cc1.COc1ccccc1C(=O)NS(=O)(=O)c1ccc(C(=O)NC2CC2)cc1. The van der Waals surface area contributed by atoms with Crippen LogP contribution >= 0.6 is 0 Å². The Labute approximate surface area is 301 Å². The van der Waals surface area contributed by atoms with E-state index < -0.39 is 31.9 Å². The van der Waals surface area contributed by atoms with Gasteiger partial charge in [0, 0.05) is 23.2 Å². The molecule has 0 heterocycles. The number of rotatable bonds is 12. The Kier molecular flexibility index (Phi) is 11.6. The molecular weight excluding hydrogens is 713 g/mol. The molecule has 0 unspecified atom stereocenters.